The van der Waals surface area contributed by atoms with Gasteiger partial charge in [0.2, 0.25) is 11.3 Å². The van der Waals surface area contributed by atoms with Gasteiger partial charge in [0.1, 0.15) is 6.54 Å². The highest BCUT2D eigenvalue weighted by molar-refractivity contribution is 6.31. The molecule has 0 bridgehead atoms. The highest BCUT2D eigenvalue weighted by Crippen LogP contribution is 2.20. The molecule has 0 unspecified atom stereocenters. The minimum absolute atomic E-state index is 0.0368. The quantitative estimate of drug-likeness (QED) is 0.457. The number of ketones is 1. The van der Waals surface area contributed by atoms with E-state index in [-0.39, 0.29) is 23.4 Å². The highest BCUT2D eigenvalue weighted by Gasteiger charge is 2.18. The number of pyridine rings is 2. The van der Waals surface area contributed by atoms with Crippen molar-refractivity contribution in [2.75, 3.05) is 5.32 Å². The average molecular weight is 446 g/mol. The summed E-state index contributed by atoms with van der Waals surface area (Å²) >= 11 is 6.11. The molecule has 160 valence electrons. The van der Waals surface area contributed by atoms with E-state index in [0.29, 0.717) is 21.8 Å². The van der Waals surface area contributed by atoms with Crippen molar-refractivity contribution in [3.63, 3.8) is 0 Å². The monoisotopic (exact) mass is 445 g/mol. The van der Waals surface area contributed by atoms with Crippen LogP contribution in [0.1, 0.15) is 27.0 Å². The molecule has 0 fully saturated rings. The van der Waals surface area contributed by atoms with Crippen LogP contribution in [-0.4, -0.2) is 21.2 Å². The van der Waals surface area contributed by atoms with E-state index in [0.717, 1.165) is 11.1 Å². The van der Waals surface area contributed by atoms with Gasteiger partial charge in [-0.3, -0.25) is 19.4 Å². The number of halogens is 1. The standard InChI is InChI=1S/C25H20ClN3O3/c1-15-3-5-21(16(2)11-15)28-23(30)14-29-13-20(24(31)17-7-9-27-10-8-17)25(32)19-12-18(26)4-6-22(19)29/h3-13H,14H2,1-2H3,(H,28,30). The van der Waals surface area contributed by atoms with Gasteiger partial charge in [0, 0.05) is 40.3 Å². The van der Waals surface area contributed by atoms with Crippen molar-refractivity contribution in [2.24, 2.45) is 0 Å². The molecule has 0 radical (unpaired) electrons. The fourth-order valence-electron chi connectivity index (χ4n) is 3.62. The molecule has 0 saturated carbocycles. The number of hydrogen-bond donors (Lipinski definition) is 1. The SMILES string of the molecule is Cc1ccc(NC(=O)Cn2cc(C(=O)c3ccncc3)c(=O)c3cc(Cl)ccc32)c(C)c1. The molecular weight excluding hydrogens is 426 g/mol. The first-order valence-electron chi connectivity index (χ1n) is 9.98. The van der Waals surface area contributed by atoms with Crippen LogP contribution in [0.5, 0.6) is 0 Å². The summed E-state index contributed by atoms with van der Waals surface area (Å²) in [7, 11) is 0. The van der Waals surface area contributed by atoms with Gasteiger partial charge in [0.25, 0.3) is 0 Å². The summed E-state index contributed by atoms with van der Waals surface area (Å²) in [6.45, 7) is 3.82. The number of aromatic nitrogens is 2. The Hall–Kier alpha value is -3.77. The summed E-state index contributed by atoms with van der Waals surface area (Å²) in [5, 5.41) is 3.54. The number of rotatable bonds is 5. The van der Waals surface area contributed by atoms with E-state index in [4.69, 9.17) is 11.6 Å². The van der Waals surface area contributed by atoms with Crippen LogP contribution in [0.2, 0.25) is 5.02 Å². The Morgan fingerprint density at radius 1 is 1.03 bits per heavy atom. The van der Waals surface area contributed by atoms with Crippen LogP contribution in [0.25, 0.3) is 10.9 Å². The lowest BCUT2D eigenvalue weighted by atomic mass is 10.0. The summed E-state index contributed by atoms with van der Waals surface area (Å²) < 4.78 is 1.60. The van der Waals surface area contributed by atoms with Crippen molar-refractivity contribution in [2.45, 2.75) is 20.4 Å². The number of carbonyl (C=O) groups excluding carboxylic acids is 2. The Morgan fingerprint density at radius 3 is 2.50 bits per heavy atom. The van der Waals surface area contributed by atoms with Crippen molar-refractivity contribution in [3.8, 4) is 0 Å². The molecule has 2 aromatic heterocycles. The summed E-state index contributed by atoms with van der Waals surface area (Å²) in [5.41, 5.74) is 3.14. The number of nitrogens with zero attached hydrogens (tertiary/aromatic N) is 2. The van der Waals surface area contributed by atoms with Crippen LogP contribution in [0.4, 0.5) is 5.69 Å². The Balaban J connectivity index is 1.76. The van der Waals surface area contributed by atoms with E-state index in [1.54, 1.807) is 28.8 Å². The zero-order valence-corrected chi connectivity index (χ0v) is 18.3. The lowest BCUT2D eigenvalue weighted by Crippen LogP contribution is -2.24. The smallest absolute Gasteiger partial charge is 0.244 e. The fraction of sp³-hybridized carbons (Fsp3) is 0.120. The molecule has 1 N–H and O–H groups in total. The molecule has 0 saturated heterocycles. The second kappa shape index (κ2) is 8.77. The number of carbonyl (C=O) groups is 2. The Bertz CT molecular complexity index is 1410. The lowest BCUT2D eigenvalue weighted by Gasteiger charge is -2.14. The minimum Gasteiger partial charge on any atom is -0.337 e. The zero-order chi connectivity index (χ0) is 22.8. The van der Waals surface area contributed by atoms with Crippen molar-refractivity contribution in [3.05, 3.63) is 105 Å². The summed E-state index contributed by atoms with van der Waals surface area (Å²) in [4.78, 5) is 42.9. The van der Waals surface area contributed by atoms with E-state index in [2.05, 4.69) is 10.3 Å². The second-order valence-corrected chi connectivity index (χ2v) is 8.03. The molecule has 0 atom stereocenters. The molecule has 1 amide bonds. The first-order valence-corrected chi connectivity index (χ1v) is 10.4. The molecule has 0 spiro atoms. The predicted octanol–water partition coefficient (Wildman–Crippen LogP) is 4.54. The van der Waals surface area contributed by atoms with Gasteiger partial charge >= 0.3 is 0 Å². The molecule has 0 aliphatic heterocycles. The van der Waals surface area contributed by atoms with Crippen molar-refractivity contribution >= 4 is 39.9 Å². The van der Waals surface area contributed by atoms with Crippen molar-refractivity contribution < 1.29 is 9.59 Å². The molecule has 4 rings (SSSR count). The first kappa shape index (κ1) is 21.5. The lowest BCUT2D eigenvalue weighted by molar-refractivity contribution is -0.116. The maximum atomic E-state index is 13.1. The van der Waals surface area contributed by atoms with Gasteiger partial charge in [-0.2, -0.15) is 0 Å². The zero-order valence-electron chi connectivity index (χ0n) is 17.6. The molecule has 32 heavy (non-hydrogen) atoms. The molecule has 0 aliphatic carbocycles. The molecule has 6 nitrogen and oxygen atoms in total. The maximum absolute atomic E-state index is 13.1. The van der Waals surface area contributed by atoms with E-state index in [9.17, 15) is 14.4 Å². The third-order valence-corrected chi connectivity index (χ3v) is 5.43. The normalized spacial score (nSPS) is 10.8. The van der Waals surface area contributed by atoms with E-state index in [1.807, 2.05) is 32.0 Å². The number of hydrogen-bond acceptors (Lipinski definition) is 4. The Kier molecular flexibility index (Phi) is 5.88. The number of anilines is 1. The average Bonchev–Trinajstić information content (AvgIpc) is 2.78. The van der Waals surface area contributed by atoms with Crippen LogP contribution in [-0.2, 0) is 11.3 Å². The highest BCUT2D eigenvalue weighted by atomic mass is 35.5. The van der Waals surface area contributed by atoms with Gasteiger partial charge in [0.15, 0.2) is 5.78 Å². The van der Waals surface area contributed by atoms with E-state index < -0.39 is 11.2 Å². The number of fused-ring (bicyclic) bond motifs is 1. The van der Waals surface area contributed by atoms with Crippen LogP contribution in [0.3, 0.4) is 0 Å². The molecule has 2 aromatic carbocycles. The molecular formula is C25H20ClN3O3. The summed E-state index contributed by atoms with van der Waals surface area (Å²) in [6.07, 6.45) is 4.41. The van der Waals surface area contributed by atoms with Gasteiger partial charge in [-0.15, -0.1) is 0 Å². The molecule has 0 aliphatic rings. The van der Waals surface area contributed by atoms with E-state index >= 15 is 0 Å². The van der Waals surface area contributed by atoms with Crippen molar-refractivity contribution in [1.82, 2.24) is 9.55 Å². The van der Waals surface area contributed by atoms with Gasteiger partial charge < -0.3 is 9.88 Å². The van der Waals surface area contributed by atoms with Crippen LogP contribution >= 0.6 is 11.6 Å². The Morgan fingerprint density at radius 2 is 1.78 bits per heavy atom. The van der Waals surface area contributed by atoms with Gasteiger partial charge in [0.05, 0.1) is 11.1 Å². The number of amides is 1. The van der Waals surface area contributed by atoms with Crippen LogP contribution < -0.4 is 10.7 Å². The van der Waals surface area contributed by atoms with Gasteiger partial charge in [-0.05, 0) is 55.8 Å². The minimum atomic E-state index is -0.442. The summed E-state index contributed by atoms with van der Waals surface area (Å²) in [5.74, 6) is -0.720. The molecule has 4 aromatic rings. The third kappa shape index (κ3) is 4.31. The number of nitrogens with one attached hydrogen (secondary N) is 1. The van der Waals surface area contributed by atoms with E-state index in [1.165, 1.54) is 24.7 Å². The number of aryl methyl sites for hydroxylation is 2. The molecule has 2 heterocycles. The summed E-state index contributed by atoms with van der Waals surface area (Å²) in [6, 6.07) is 13.7. The first-order chi connectivity index (χ1) is 15.3. The number of benzene rings is 2. The van der Waals surface area contributed by atoms with Gasteiger partial charge in [-0.25, -0.2) is 0 Å². The maximum Gasteiger partial charge on any atom is 0.244 e. The Labute approximate surface area is 189 Å². The predicted molar refractivity (Wildman–Crippen MR) is 125 cm³/mol. The van der Waals surface area contributed by atoms with Crippen LogP contribution in [0.15, 0.2) is 71.9 Å². The largest absolute Gasteiger partial charge is 0.337 e. The van der Waals surface area contributed by atoms with Crippen molar-refractivity contribution in [1.29, 1.82) is 0 Å². The fourth-order valence-corrected chi connectivity index (χ4v) is 3.79. The molecule has 7 heteroatoms. The second-order valence-electron chi connectivity index (χ2n) is 7.59. The van der Waals surface area contributed by atoms with Crippen LogP contribution in [0, 0.1) is 13.8 Å². The third-order valence-electron chi connectivity index (χ3n) is 5.20. The van der Waals surface area contributed by atoms with Gasteiger partial charge in [-0.1, -0.05) is 29.3 Å². The topological polar surface area (TPSA) is 81.1 Å².